The molecule has 0 bridgehead atoms. The van der Waals surface area contributed by atoms with Crippen molar-refractivity contribution in [3.8, 4) is 11.5 Å². The monoisotopic (exact) mass is 460 g/mol. The number of hydrogen-bond acceptors (Lipinski definition) is 4. The van der Waals surface area contributed by atoms with Crippen molar-refractivity contribution in [1.29, 1.82) is 0 Å². The Balaban J connectivity index is 1.27. The van der Waals surface area contributed by atoms with Gasteiger partial charge < -0.3 is 13.9 Å². The van der Waals surface area contributed by atoms with E-state index in [-0.39, 0.29) is 5.43 Å². The summed E-state index contributed by atoms with van der Waals surface area (Å²) >= 11 is 0. The lowest BCUT2D eigenvalue weighted by Crippen LogP contribution is -2.01. The third-order valence-corrected chi connectivity index (χ3v) is 5.54. The van der Waals surface area contributed by atoms with Gasteiger partial charge in [0.05, 0.1) is 5.39 Å². The van der Waals surface area contributed by atoms with Gasteiger partial charge in [-0.05, 0) is 47.0 Å². The molecule has 0 saturated carbocycles. The van der Waals surface area contributed by atoms with Crippen LogP contribution in [0.2, 0.25) is 0 Å². The quantitative estimate of drug-likeness (QED) is 0.247. The summed E-state index contributed by atoms with van der Waals surface area (Å²) in [7, 11) is 0. The van der Waals surface area contributed by atoms with E-state index in [1.807, 2.05) is 91.0 Å². The van der Waals surface area contributed by atoms with Gasteiger partial charge in [-0.2, -0.15) is 0 Å². The first-order valence-corrected chi connectivity index (χ1v) is 11.4. The molecule has 1 heterocycles. The second-order valence-electron chi connectivity index (χ2n) is 8.12. The van der Waals surface area contributed by atoms with E-state index in [0.29, 0.717) is 35.7 Å². The highest BCUT2D eigenvalue weighted by Crippen LogP contribution is 2.22. The molecule has 0 saturated heterocycles. The molecule has 5 aromatic rings. The van der Waals surface area contributed by atoms with Crippen molar-refractivity contribution in [2.75, 3.05) is 0 Å². The van der Waals surface area contributed by atoms with E-state index in [4.69, 9.17) is 13.9 Å². The van der Waals surface area contributed by atoms with Crippen LogP contribution in [0, 0.1) is 0 Å². The SMILES string of the molecule is O=c1cc(/C=C/c2ccc(OCc3ccccc3)cc2)oc2cc(OCc3ccccc3)ccc12. The van der Waals surface area contributed by atoms with Gasteiger partial charge in [-0.3, -0.25) is 4.79 Å². The fraction of sp³-hybridized carbons (Fsp3) is 0.0645. The van der Waals surface area contributed by atoms with Crippen LogP contribution in [-0.2, 0) is 13.2 Å². The highest BCUT2D eigenvalue weighted by molar-refractivity contribution is 5.79. The van der Waals surface area contributed by atoms with Crippen LogP contribution in [0.5, 0.6) is 11.5 Å². The van der Waals surface area contributed by atoms with Gasteiger partial charge in [0.1, 0.15) is 36.1 Å². The fourth-order valence-corrected chi connectivity index (χ4v) is 3.66. The van der Waals surface area contributed by atoms with E-state index in [1.165, 1.54) is 6.07 Å². The van der Waals surface area contributed by atoms with Gasteiger partial charge in [-0.1, -0.05) is 78.9 Å². The summed E-state index contributed by atoms with van der Waals surface area (Å²) in [6.07, 6.45) is 3.69. The maximum atomic E-state index is 12.6. The summed E-state index contributed by atoms with van der Waals surface area (Å²) in [6, 6.07) is 34.5. The molecule has 0 fully saturated rings. The number of rotatable bonds is 8. The van der Waals surface area contributed by atoms with Crippen molar-refractivity contribution in [3.63, 3.8) is 0 Å². The summed E-state index contributed by atoms with van der Waals surface area (Å²) in [4.78, 5) is 12.6. The zero-order valence-corrected chi connectivity index (χ0v) is 19.1. The summed E-state index contributed by atoms with van der Waals surface area (Å²) in [6.45, 7) is 0.969. The van der Waals surface area contributed by atoms with Gasteiger partial charge in [0.25, 0.3) is 0 Å². The lowest BCUT2D eigenvalue weighted by Gasteiger charge is -2.07. The first-order valence-electron chi connectivity index (χ1n) is 11.4. The third kappa shape index (κ3) is 5.87. The second kappa shape index (κ2) is 10.6. The zero-order valence-electron chi connectivity index (χ0n) is 19.1. The molecule has 0 aliphatic heterocycles. The molecule has 35 heavy (non-hydrogen) atoms. The summed E-state index contributed by atoms with van der Waals surface area (Å²) < 4.78 is 17.7. The third-order valence-electron chi connectivity index (χ3n) is 5.54. The smallest absolute Gasteiger partial charge is 0.193 e. The van der Waals surface area contributed by atoms with Crippen LogP contribution in [0.4, 0.5) is 0 Å². The minimum Gasteiger partial charge on any atom is -0.489 e. The van der Waals surface area contributed by atoms with Gasteiger partial charge in [0.2, 0.25) is 0 Å². The molecule has 0 amide bonds. The normalized spacial score (nSPS) is 11.1. The Bertz CT molecular complexity index is 1480. The Morgan fingerprint density at radius 1 is 0.629 bits per heavy atom. The van der Waals surface area contributed by atoms with Gasteiger partial charge in [-0.15, -0.1) is 0 Å². The van der Waals surface area contributed by atoms with Gasteiger partial charge in [0, 0.05) is 12.1 Å². The standard InChI is InChI=1S/C31H24O4/c32-30-19-28(16-13-23-11-14-26(15-12-23)33-21-24-7-3-1-4-8-24)35-31-20-27(17-18-29(30)31)34-22-25-9-5-2-6-10-25/h1-20H,21-22H2/b16-13+. The molecule has 4 aromatic carbocycles. The van der Waals surface area contributed by atoms with Crippen molar-refractivity contribution in [2.24, 2.45) is 0 Å². The molecule has 0 spiro atoms. The maximum Gasteiger partial charge on any atom is 0.193 e. The first kappa shape index (κ1) is 22.2. The molecular formula is C31H24O4. The zero-order chi connectivity index (χ0) is 23.9. The second-order valence-corrected chi connectivity index (χ2v) is 8.12. The van der Waals surface area contributed by atoms with E-state index >= 15 is 0 Å². The van der Waals surface area contributed by atoms with Crippen molar-refractivity contribution >= 4 is 23.1 Å². The Kier molecular flexibility index (Phi) is 6.72. The molecule has 0 N–H and O–H groups in total. The van der Waals surface area contributed by atoms with Gasteiger partial charge in [0.15, 0.2) is 5.43 Å². The van der Waals surface area contributed by atoms with E-state index in [2.05, 4.69) is 0 Å². The molecule has 5 rings (SSSR count). The lowest BCUT2D eigenvalue weighted by atomic mass is 10.1. The van der Waals surface area contributed by atoms with Crippen LogP contribution >= 0.6 is 0 Å². The molecule has 0 aliphatic rings. The van der Waals surface area contributed by atoms with Crippen LogP contribution in [0.3, 0.4) is 0 Å². The first-order chi connectivity index (χ1) is 17.2. The van der Waals surface area contributed by atoms with Crippen LogP contribution in [0.25, 0.3) is 23.1 Å². The molecule has 0 unspecified atom stereocenters. The predicted molar refractivity (Wildman–Crippen MR) is 139 cm³/mol. The molecule has 0 radical (unpaired) electrons. The van der Waals surface area contributed by atoms with Crippen molar-refractivity contribution in [2.45, 2.75) is 13.2 Å². The average Bonchev–Trinajstić information content (AvgIpc) is 2.91. The minimum absolute atomic E-state index is 0.0924. The minimum atomic E-state index is -0.0924. The van der Waals surface area contributed by atoms with E-state index in [0.717, 1.165) is 22.4 Å². The van der Waals surface area contributed by atoms with Crippen molar-refractivity contribution in [1.82, 2.24) is 0 Å². The Morgan fingerprint density at radius 3 is 1.89 bits per heavy atom. The topological polar surface area (TPSA) is 48.7 Å². The molecular weight excluding hydrogens is 436 g/mol. The van der Waals surface area contributed by atoms with E-state index in [1.54, 1.807) is 24.3 Å². The van der Waals surface area contributed by atoms with Gasteiger partial charge in [-0.25, -0.2) is 0 Å². The molecule has 0 atom stereocenters. The molecule has 1 aromatic heterocycles. The Labute approximate surface area is 203 Å². The average molecular weight is 461 g/mol. The highest BCUT2D eigenvalue weighted by atomic mass is 16.5. The number of ether oxygens (including phenoxy) is 2. The molecule has 4 nitrogen and oxygen atoms in total. The van der Waals surface area contributed by atoms with E-state index in [9.17, 15) is 4.79 Å². The van der Waals surface area contributed by atoms with Crippen LogP contribution in [0.15, 0.2) is 118 Å². The van der Waals surface area contributed by atoms with Crippen molar-refractivity contribution < 1.29 is 13.9 Å². The summed E-state index contributed by atoms with van der Waals surface area (Å²) in [5.41, 5.74) is 3.57. The van der Waals surface area contributed by atoms with E-state index < -0.39 is 0 Å². The number of benzene rings is 4. The summed E-state index contributed by atoms with van der Waals surface area (Å²) in [5, 5.41) is 0.522. The molecule has 0 aliphatic carbocycles. The van der Waals surface area contributed by atoms with Crippen LogP contribution in [0.1, 0.15) is 22.5 Å². The number of fused-ring (bicyclic) bond motifs is 1. The lowest BCUT2D eigenvalue weighted by molar-refractivity contribution is 0.306. The van der Waals surface area contributed by atoms with Gasteiger partial charge >= 0.3 is 0 Å². The number of hydrogen-bond donors (Lipinski definition) is 0. The summed E-state index contributed by atoms with van der Waals surface area (Å²) in [5.74, 6) is 1.93. The fourth-order valence-electron chi connectivity index (χ4n) is 3.66. The van der Waals surface area contributed by atoms with Crippen LogP contribution < -0.4 is 14.9 Å². The highest BCUT2D eigenvalue weighted by Gasteiger charge is 2.06. The Morgan fingerprint density at radius 2 is 1.23 bits per heavy atom. The molecule has 4 heteroatoms. The largest absolute Gasteiger partial charge is 0.489 e. The molecule has 172 valence electrons. The predicted octanol–water partition coefficient (Wildman–Crippen LogP) is 7.12. The Hall–Kier alpha value is -4.57. The maximum absolute atomic E-state index is 12.6. The van der Waals surface area contributed by atoms with Crippen LogP contribution in [-0.4, -0.2) is 0 Å². The van der Waals surface area contributed by atoms with Crippen molar-refractivity contribution in [3.05, 3.63) is 142 Å².